The van der Waals surface area contributed by atoms with Crippen LogP contribution < -0.4 is 0 Å². The third-order valence-electron chi connectivity index (χ3n) is 3.12. The van der Waals surface area contributed by atoms with Crippen LogP contribution in [0.3, 0.4) is 0 Å². The Morgan fingerprint density at radius 2 is 1.45 bits per heavy atom. The summed E-state index contributed by atoms with van der Waals surface area (Å²) in [6, 6.07) is 9.77. The molecule has 1 unspecified atom stereocenters. The molecule has 0 spiro atoms. The van der Waals surface area contributed by atoms with Crippen molar-refractivity contribution in [1.29, 1.82) is 0 Å². The largest absolute Gasteiger partial charge is 0.508 e. The second-order valence-corrected chi connectivity index (χ2v) is 5.99. The molecular weight excluding hydrogens is 317 g/mol. The summed E-state index contributed by atoms with van der Waals surface area (Å²) in [5.41, 5.74) is -3.76. The molecule has 0 aliphatic rings. The highest BCUT2D eigenvalue weighted by molar-refractivity contribution is 7.99. The molecule has 0 radical (unpaired) electrons. The van der Waals surface area contributed by atoms with Gasteiger partial charge in [0.1, 0.15) is 11.5 Å². The first-order valence-corrected chi connectivity index (χ1v) is 7.02. The monoisotopic (exact) mass is 330 g/mol. The van der Waals surface area contributed by atoms with Crippen LogP contribution in [-0.4, -0.2) is 21.5 Å². The second-order valence-electron chi connectivity index (χ2n) is 4.84. The summed E-state index contributed by atoms with van der Waals surface area (Å²) in [6.07, 6.45) is -4.91. The van der Waals surface area contributed by atoms with Gasteiger partial charge < -0.3 is 15.3 Å². The van der Waals surface area contributed by atoms with Crippen LogP contribution in [-0.2, 0) is 5.60 Å². The highest BCUT2D eigenvalue weighted by atomic mass is 32.2. The SMILES string of the molecule is CC(O)(c1cc(Sc2ccc(O)cc2)ccc1O)C(F)(F)F. The Morgan fingerprint density at radius 1 is 0.909 bits per heavy atom. The van der Waals surface area contributed by atoms with Gasteiger partial charge in [0.15, 0.2) is 5.60 Å². The second kappa shape index (κ2) is 5.73. The first-order chi connectivity index (χ1) is 10.1. The van der Waals surface area contributed by atoms with Crippen LogP contribution >= 0.6 is 11.8 Å². The van der Waals surface area contributed by atoms with Crippen LogP contribution in [0.4, 0.5) is 13.2 Å². The van der Waals surface area contributed by atoms with E-state index in [1.807, 2.05) is 0 Å². The van der Waals surface area contributed by atoms with Crippen LogP contribution in [0.15, 0.2) is 52.3 Å². The van der Waals surface area contributed by atoms with Gasteiger partial charge in [-0.2, -0.15) is 13.2 Å². The molecule has 22 heavy (non-hydrogen) atoms. The molecule has 2 rings (SSSR count). The highest BCUT2D eigenvalue weighted by Crippen LogP contribution is 2.43. The lowest BCUT2D eigenvalue weighted by Crippen LogP contribution is -2.39. The van der Waals surface area contributed by atoms with E-state index in [0.29, 0.717) is 16.7 Å². The third-order valence-corrected chi connectivity index (χ3v) is 4.11. The molecule has 1 atom stereocenters. The van der Waals surface area contributed by atoms with Crippen molar-refractivity contribution < 1.29 is 28.5 Å². The summed E-state index contributed by atoms with van der Waals surface area (Å²) in [4.78, 5) is 1.11. The van der Waals surface area contributed by atoms with Gasteiger partial charge in [0.2, 0.25) is 0 Å². The van der Waals surface area contributed by atoms with Crippen LogP contribution in [0.2, 0.25) is 0 Å². The van der Waals surface area contributed by atoms with Gasteiger partial charge in [-0.25, -0.2) is 0 Å². The standard InChI is InChI=1S/C15H13F3O3S/c1-14(21,15(16,17)18)12-8-11(6-7-13(12)20)22-10-4-2-9(19)3-5-10/h2-8,19-21H,1H3. The van der Waals surface area contributed by atoms with E-state index in [9.17, 15) is 28.5 Å². The minimum atomic E-state index is -4.91. The molecule has 0 heterocycles. The summed E-state index contributed by atoms with van der Waals surface area (Å²) in [5, 5.41) is 28.5. The maximum Gasteiger partial charge on any atom is 0.421 e. The summed E-state index contributed by atoms with van der Waals surface area (Å²) in [7, 11) is 0. The van der Waals surface area contributed by atoms with Crippen molar-refractivity contribution in [3.63, 3.8) is 0 Å². The molecule has 2 aromatic rings. The summed E-state index contributed by atoms with van der Waals surface area (Å²) in [6.45, 7) is 0.594. The molecular formula is C15H13F3O3S. The van der Waals surface area contributed by atoms with Gasteiger partial charge in [0, 0.05) is 15.4 Å². The topological polar surface area (TPSA) is 60.7 Å². The third kappa shape index (κ3) is 3.31. The maximum atomic E-state index is 12.9. The van der Waals surface area contributed by atoms with Crippen molar-refractivity contribution in [3.05, 3.63) is 48.0 Å². The lowest BCUT2D eigenvalue weighted by atomic mass is 9.94. The lowest BCUT2D eigenvalue weighted by Gasteiger charge is -2.27. The molecule has 7 heteroatoms. The van der Waals surface area contributed by atoms with Crippen molar-refractivity contribution in [2.24, 2.45) is 0 Å². The number of alkyl halides is 3. The fourth-order valence-corrected chi connectivity index (χ4v) is 2.63. The van der Waals surface area contributed by atoms with Gasteiger partial charge in [0.05, 0.1) is 0 Å². The number of phenolic OH excluding ortho intramolecular Hbond substituents is 2. The number of aromatic hydroxyl groups is 2. The quantitative estimate of drug-likeness (QED) is 0.795. The van der Waals surface area contributed by atoms with E-state index < -0.39 is 23.1 Å². The van der Waals surface area contributed by atoms with Crippen molar-refractivity contribution >= 4 is 11.8 Å². The maximum absolute atomic E-state index is 12.9. The number of hydrogen-bond acceptors (Lipinski definition) is 4. The molecule has 0 aliphatic carbocycles. The molecule has 0 fully saturated rings. The molecule has 0 bridgehead atoms. The van der Waals surface area contributed by atoms with Gasteiger partial charge in [-0.05, 0) is 49.4 Å². The number of hydrogen-bond donors (Lipinski definition) is 3. The van der Waals surface area contributed by atoms with E-state index >= 15 is 0 Å². The van der Waals surface area contributed by atoms with Gasteiger partial charge in [-0.1, -0.05) is 11.8 Å². The smallest absolute Gasteiger partial charge is 0.421 e. The lowest BCUT2D eigenvalue weighted by molar-refractivity contribution is -0.259. The van der Waals surface area contributed by atoms with Crippen LogP contribution in [0.25, 0.3) is 0 Å². The van der Waals surface area contributed by atoms with Crippen molar-refractivity contribution in [2.75, 3.05) is 0 Å². The number of rotatable bonds is 3. The predicted molar refractivity (Wildman–Crippen MR) is 76.0 cm³/mol. The molecule has 0 saturated carbocycles. The summed E-state index contributed by atoms with van der Waals surface area (Å²) >= 11 is 1.15. The minimum absolute atomic E-state index is 0.0794. The van der Waals surface area contributed by atoms with E-state index in [-0.39, 0.29) is 5.75 Å². The number of benzene rings is 2. The van der Waals surface area contributed by atoms with Crippen molar-refractivity contribution in [3.8, 4) is 11.5 Å². The summed E-state index contributed by atoms with van der Waals surface area (Å²) < 4.78 is 38.7. The molecule has 3 N–H and O–H groups in total. The molecule has 0 aromatic heterocycles. The van der Waals surface area contributed by atoms with Crippen LogP contribution in [0.1, 0.15) is 12.5 Å². The van der Waals surface area contributed by atoms with E-state index in [1.54, 1.807) is 12.1 Å². The van der Waals surface area contributed by atoms with Gasteiger partial charge in [0.25, 0.3) is 0 Å². The van der Waals surface area contributed by atoms with Gasteiger partial charge in [-0.15, -0.1) is 0 Å². The first kappa shape index (κ1) is 16.5. The fourth-order valence-electron chi connectivity index (χ4n) is 1.77. The van der Waals surface area contributed by atoms with E-state index in [4.69, 9.17) is 0 Å². The Labute approximate surface area is 129 Å². The Bertz CT molecular complexity index is 667. The van der Waals surface area contributed by atoms with Gasteiger partial charge in [-0.3, -0.25) is 0 Å². The molecule has 0 aliphatic heterocycles. The Kier molecular flexibility index (Phi) is 4.30. The average molecular weight is 330 g/mol. The zero-order chi connectivity index (χ0) is 16.5. The number of aliphatic hydroxyl groups is 1. The predicted octanol–water partition coefficient (Wildman–Crippen LogP) is 4.02. The zero-order valence-corrected chi connectivity index (χ0v) is 12.2. The Hall–Kier alpha value is -1.86. The molecule has 0 amide bonds. The molecule has 0 saturated heterocycles. The van der Waals surface area contributed by atoms with Crippen molar-refractivity contribution in [1.82, 2.24) is 0 Å². The Balaban J connectivity index is 2.37. The molecule has 3 nitrogen and oxygen atoms in total. The minimum Gasteiger partial charge on any atom is -0.508 e. The highest BCUT2D eigenvalue weighted by Gasteiger charge is 2.52. The number of phenols is 2. The van der Waals surface area contributed by atoms with E-state index in [2.05, 4.69) is 0 Å². The Morgan fingerprint density at radius 3 is 2.00 bits per heavy atom. The zero-order valence-electron chi connectivity index (χ0n) is 11.4. The molecule has 118 valence electrons. The van der Waals surface area contributed by atoms with Crippen LogP contribution in [0, 0.1) is 0 Å². The summed E-state index contributed by atoms with van der Waals surface area (Å²) in [5.74, 6) is -0.548. The van der Waals surface area contributed by atoms with Crippen LogP contribution in [0.5, 0.6) is 11.5 Å². The fraction of sp³-hybridized carbons (Fsp3) is 0.200. The van der Waals surface area contributed by atoms with E-state index in [1.165, 1.54) is 18.2 Å². The average Bonchev–Trinajstić information content (AvgIpc) is 2.42. The first-order valence-electron chi connectivity index (χ1n) is 6.21. The molecule has 2 aromatic carbocycles. The van der Waals surface area contributed by atoms with E-state index in [0.717, 1.165) is 23.9 Å². The number of halogens is 3. The van der Waals surface area contributed by atoms with Gasteiger partial charge >= 0.3 is 6.18 Å². The van der Waals surface area contributed by atoms with Crippen molar-refractivity contribution in [2.45, 2.75) is 28.5 Å². The normalized spacial score (nSPS) is 14.6.